The molecular formula is C12H20N4. The maximum Gasteiger partial charge on any atom is 0.106 e. The Morgan fingerprint density at radius 3 is 2.88 bits per heavy atom. The Bertz CT molecular complexity index is 386. The highest BCUT2D eigenvalue weighted by molar-refractivity contribution is 5.85. The van der Waals surface area contributed by atoms with E-state index < -0.39 is 0 Å². The van der Waals surface area contributed by atoms with Gasteiger partial charge >= 0.3 is 0 Å². The minimum absolute atomic E-state index is 0.491. The van der Waals surface area contributed by atoms with Gasteiger partial charge in [0.1, 0.15) is 11.5 Å². The second kappa shape index (κ2) is 4.68. The van der Waals surface area contributed by atoms with Crippen molar-refractivity contribution in [2.24, 2.45) is 23.7 Å². The quantitative estimate of drug-likeness (QED) is 0.627. The molecule has 1 fully saturated rings. The van der Waals surface area contributed by atoms with Crippen LogP contribution in [0.15, 0.2) is 11.2 Å². The molecule has 0 amide bonds. The predicted molar refractivity (Wildman–Crippen MR) is 65.8 cm³/mol. The van der Waals surface area contributed by atoms with Crippen molar-refractivity contribution in [1.29, 1.82) is 0 Å². The predicted octanol–water partition coefficient (Wildman–Crippen LogP) is 2.16. The molecule has 1 heterocycles. The van der Waals surface area contributed by atoms with Crippen molar-refractivity contribution in [2.45, 2.75) is 39.0 Å². The number of aromatic nitrogens is 2. The van der Waals surface area contributed by atoms with Crippen LogP contribution in [0.1, 0.15) is 38.3 Å². The van der Waals surface area contributed by atoms with E-state index in [2.05, 4.69) is 17.0 Å². The zero-order valence-electron chi connectivity index (χ0n) is 10.1. The first kappa shape index (κ1) is 11.2. The molecule has 4 nitrogen and oxygen atoms in total. The molecule has 0 atom stereocenters. The fraction of sp³-hybridized carbons (Fsp3) is 0.667. The molecule has 1 aromatic rings. The zero-order chi connectivity index (χ0) is 11.5. The minimum Gasteiger partial charge on any atom is -0.387 e. The largest absolute Gasteiger partial charge is 0.387 e. The standard InChI is InChI=1S/C12H20N4/c1-3-10-11(8-16(2)15-10)14-12(13)9-6-4-5-7-9/h8-9H,3-7H2,1-2H3,(H2,13,14). The molecular weight excluding hydrogens is 200 g/mol. The maximum absolute atomic E-state index is 6.06. The third-order valence-corrected chi connectivity index (χ3v) is 3.24. The van der Waals surface area contributed by atoms with Crippen LogP contribution in [0.5, 0.6) is 0 Å². The molecule has 0 radical (unpaired) electrons. The summed E-state index contributed by atoms with van der Waals surface area (Å²) in [4.78, 5) is 4.54. The molecule has 1 aromatic heterocycles. The first-order chi connectivity index (χ1) is 7.70. The second-order valence-electron chi connectivity index (χ2n) is 4.51. The van der Waals surface area contributed by atoms with Gasteiger partial charge in [0.05, 0.1) is 11.9 Å². The molecule has 0 bridgehead atoms. The van der Waals surface area contributed by atoms with Crippen LogP contribution in [0.2, 0.25) is 0 Å². The molecule has 1 aliphatic carbocycles. The Balaban J connectivity index is 2.19. The Morgan fingerprint density at radius 2 is 2.25 bits per heavy atom. The third-order valence-electron chi connectivity index (χ3n) is 3.24. The van der Waals surface area contributed by atoms with Crippen molar-refractivity contribution >= 4 is 11.5 Å². The van der Waals surface area contributed by atoms with E-state index in [1.54, 1.807) is 4.68 Å². The lowest BCUT2D eigenvalue weighted by Gasteiger charge is -2.07. The lowest BCUT2D eigenvalue weighted by molar-refractivity contribution is 0.722. The van der Waals surface area contributed by atoms with E-state index >= 15 is 0 Å². The van der Waals surface area contributed by atoms with Gasteiger partial charge in [-0.3, -0.25) is 4.68 Å². The van der Waals surface area contributed by atoms with Crippen molar-refractivity contribution < 1.29 is 0 Å². The van der Waals surface area contributed by atoms with Gasteiger partial charge in [0, 0.05) is 13.0 Å². The molecule has 0 aromatic carbocycles. The van der Waals surface area contributed by atoms with Gasteiger partial charge in [-0.25, -0.2) is 4.99 Å². The lowest BCUT2D eigenvalue weighted by Crippen LogP contribution is -2.20. The van der Waals surface area contributed by atoms with Gasteiger partial charge in [-0.1, -0.05) is 19.8 Å². The first-order valence-corrected chi connectivity index (χ1v) is 6.07. The average Bonchev–Trinajstić information content (AvgIpc) is 2.87. The minimum atomic E-state index is 0.491. The normalized spacial score (nSPS) is 18.2. The third kappa shape index (κ3) is 2.26. The number of aryl methyl sites for hydroxylation is 2. The van der Waals surface area contributed by atoms with Crippen LogP contribution in [0.25, 0.3) is 0 Å². The summed E-state index contributed by atoms with van der Waals surface area (Å²) in [5.41, 5.74) is 8.03. The monoisotopic (exact) mass is 220 g/mol. The van der Waals surface area contributed by atoms with Gasteiger partial charge in [-0.05, 0) is 19.3 Å². The molecule has 2 N–H and O–H groups in total. The summed E-state index contributed by atoms with van der Waals surface area (Å²) < 4.78 is 1.81. The maximum atomic E-state index is 6.06. The molecule has 0 aliphatic heterocycles. The van der Waals surface area contributed by atoms with E-state index in [4.69, 9.17) is 5.73 Å². The van der Waals surface area contributed by atoms with Crippen molar-refractivity contribution in [1.82, 2.24) is 9.78 Å². The van der Waals surface area contributed by atoms with Crippen molar-refractivity contribution in [3.8, 4) is 0 Å². The first-order valence-electron chi connectivity index (χ1n) is 6.07. The van der Waals surface area contributed by atoms with Gasteiger partial charge < -0.3 is 5.73 Å². The molecule has 88 valence electrons. The summed E-state index contributed by atoms with van der Waals surface area (Å²) in [6.07, 6.45) is 7.80. The van der Waals surface area contributed by atoms with Crippen LogP contribution in [-0.4, -0.2) is 15.6 Å². The summed E-state index contributed by atoms with van der Waals surface area (Å²) in [5, 5.41) is 4.36. The van der Waals surface area contributed by atoms with E-state index in [0.29, 0.717) is 5.92 Å². The fourth-order valence-electron chi connectivity index (χ4n) is 2.32. The number of rotatable bonds is 3. The Morgan fingerprint density at radius 1 is 1.56 bits per heavy atom. The Labute approximate surface area is 96.6 Å². The van der Waals surface area contributed by atoms with Crippen LogP contribution in [0.3, 0.4) is 0 Å². The zero-order valence-corrected chi connectivity index (χ0v) is 10.1. The molecule has 0 unspecified atom stereocenters. The number of amidine groups is 1. The van der Waals surface area contributed by atoms with E-state index in [1.165, 1.54) is 25.7 Å². The van der Waals surface area contributed by atoms with Crippen LogP contribution in [0.4, 0.5) is 5.69 Å². The van der Waals surface area contributed by atoms with Gasteiger partial charge in [0.2, 0.25) is 0 Å². The van der Waals surface area contributed by atoms with Gasteiger partial charge in [-0.2, -0.15) is 5.10 Å². The second-order valence-corrected chi connectivity index (χ2v) is 4.51. The molecule has 16 heavy (non-hydrogen) atoms. The highest BCUT2D eigenvalue weighted by atomic mass is 15.3. The number of nitrogens with zero attached hydrogens (tertiary/aromatic N) is 3. The highest BCUT2D eigenvalue weighted by Crippen LogP contribution is 2.26. The fourth-order valence-corrected chi connectivity index (χ4v) is 2.32. The van der Waals surface area contributed by atoms with Crippen molar-refractivity contribution in [3.05, 3.63) is 11.9 Å². The molecule has 1 saturated carbocycles. The molecule has 2 rings (SSSR count). The van der Waals surface area contributed by atoms with Crippen LogP contribution in [-0.2, 0) is 13.5 Å². The Hall–Kier alpha value is -1.32. The van der Waals surface area contributed by atoms with Crippen LogP contribution >= 0.6 is 0 Å². The summed E-state index contributed by atoms with van der Waals surface area (Å²) in [6, 6.07) is 0. The highest BCUT2D eigenvalue weighted by Gasteiger charge is 2.19. The number of nitrogens with two attached hydrogens (primary N) is 1. The molecule has 1 aliphatic rings. The van der Waals surface area contributed by atoms with E-state index in [-0.39, 0.29) is 0 Å². The molecule has 4 heteroatoms. The van der Waals surface area contributed by atoms with Gasteiger partial charge in [0.25, 0.3) is 0 Å². The summed E-state index contributed by atoms with van der Waals surface area (Å²) in [5.74, 6) is 1.28. The molecule has 0 saturated heterocycles. The van der Waals surface area contributed by atoms with Crippen molar-refractivity contribution in [3.63, 3.8) is 0 Å². The lowest BCUT2D eigenvalue weighted by atomic mass is 10.1. The van der Waals surface area contributed by atoms with E-state index in [0.717, 1.165) is 23.6 Å². The number of hydrogen-bond acceptors (Lipinski definition) is 2. The Kier molecular flexibility index (Phi) is 3.27. The number of hydrogen-bond donors (Lipinski definition) is 1. The van der Waals surface area contributed by atoms with Crippen molar-refractivity contribution in [2.75, 3.05) is 0 Å². The van der Waals surface area contributed by atoms with Crippen LogP contribution < -0.4 is 5.73 Å². The van der Waals surface area contributed by atoms with E-state index in [9.17, 15) is 0 Å². The smallest absolute Gasteiger partial charge is 0.106 e. The summed E-state index contributed by atoms with van der Waals surface area (Å²) >= 11 is 0. The van der Waals surface area contributed by atoms with Crippen LogP contribution in [0, 0.1) is 5.92 Å². The topological polar surface area (TPSA) is 56.2 Å². The van der Waals surface area contributed by atoms with E-state index in [1.807, 2.05) is 13.2 Å². The molecule has 0 spiro atoms. The summed E-state index contributed by atoms with van der Waals surface area (Å²) in [7, 11) is 1.92. The van der Waals surface area contributed by atoms with Gasteiger partial charge in [-0.15, -0.1) is 0 Å². The average molecular weight is 220 g/mol. The number of aliphatic imine (C=N–C) groups is 1. The van der Waals surface area contributed by atoms with Gasteiger partial charge in [0.15, 0.2) is 0 Å². The SMILES string of the molecule is CCc1nn(C)cc1N=C(N)C1CCCC1. The summed E-state index contributed by atoms with van der Waals surface area (Å²) in [6.45, 7) is 2.09.